The number of nitrogens with zero attached hydrogens (tertiary/aromatic N) is 4. The summed E-state index contributed by atoms with van der Waals surface area (Å²) >= 11 is 0. The van der Waals surface area contributed by atoms with E-state index in [0.717, 1.165) is 29.7 Å². The van der Waals surface area contributed by atoms with Gasteiger partial charge in [-0.2, -0.15) is 0 Å². The van der Waals surface area contributed by atoms with Gasteiger partial charge in [-0.15, -0.1) is 0 Å². The predicted molar refractivity (Wildman–Crippen MR) is 106 cm³/mol. The Bertz CT molecular complexity index is 867. The molecule has 2 aromatic rings. The third-order valence-electron chi connectivity index (χ3n) is 4.84. The van der Waals surface area contributed by atoms with Crippen LogP contribution in [0.15, 0.2) is 30.5 Å². The van der Waals surface area contributed by atoms with Gasteiger partial charge in [0.2, 0.25) is 17.8 Å². The molecule has 0 spiro atoms. The highest BCUT2D eigenvalue weighted by Crippen LogP contribution is 2.37. The van der Waals surface area contributed by atoms with Crippen molar-refractivity contribution in [3.63, 3.8) is 0 Å². The molecule has 0 radical (unpaired) electrons. The standard InChI is InChI=1S/C20H25N5O3/c1-24(2)20-22-11-15(13-6-8-14(9-7-13)19(21)27)18(23-20)16-5-4-10-25(16)17(26)12-28-3/h6-9,11,16H,4-5,10,12H2,1-3H3,(H2,21,27)/t16-/m0/s1. The number of carbonyl (C=O) groups is 2. The van der Waals surface area contributed by atoms with E-state index in [-0.39, 0.29) is 18.6 Å². The lowest BCUT2D eigenvalue weighted by molar-refractivity contribution is -0.136. The monoisotopic (exact) mass is 383 g/mol. The molecular weight excluding hydrogens is 358 g/mol. The maximum atomic E-state index is 12.5. The molecule has 148 valence electrons. The van der Waals surface area contributed by atoms with Crippen molar-refractivity contribution < 1.29 is 14.3 Å². The number of ether oxygens (including phenoxy) is 1. The maximum Gasteiger partial charge on any atom is 0.249 e. The molecule has 0 aliphatic carbocycles. The topological polar surface area (TPSA) is 102 Å². The fourth-order valence-electron chi connectivity index (χ4n) is 3.45. The van der Waals surface area contributed by atoms with E-state index >= 15 is 0 Å². The van der Waals surface area contributed by atoms with Crippen LogP contribution >= 0.6 is 0 Å². The van der Waals surface area contributed by atoms with Crippen molar-refractivity contribution in [2.75, 3.05) is 39.3 Å². The van der Waals surface area contributed by atoms with Crippen molar-refractivity contribution in [2.24, 2.45) is 5.73 Å². The first-order chi connectivity index (χ1) is 13.4. The lowest BCUT2D eigenvalue weighted by Crippen LogP contribution is -2.34. The Morgan fingerprint density at radius 3 is 2.61 bits per heavy atom. The number of methoxy groups -OCH3 is 1. The molecule has 0 unspecified atom stereocenters. The molecule has 2 amide bonds. The molecule has 1 fully saturated rings. The highest BCUT2D eigenvalue weighted by Gasteiger charge is 2.33. The fraction of sp³-hybridized carbons (Fsp3) is 0.400. The predicted octanol–water partition coefficient (Wildman–Crippen LogP) is 1.62. The Morgan fingerprint density at radius 1 is 1.29 bits per heavy atom. The van der Waals surface area contributed by atoms with Crippen molar-refractivity contribution in [1.82, 2.24) is 14.9 Å². The molecule has 1 aromatic heterocycles. The van der Waals surface area contributed by atoms with Gasteiger partial charge in [0.25, 0.3) is 0 Å². The number of hydrogen-bond acceptors (Lipinski definition) is 6. The van der Waals surface area contributed by atoms with E-state index in [1.807, 2.05) is 36.0 Å². The number of hydrogen-bond donors (Lipinski definition) is 1. The second kappa shape index (κ2) is 8.35. The molecule has 1 atom stereocenters. The summed E-state index contributed by atoms with van der Waals surface area (Å²) < 4.78 is 5.04. The first-order valence-corrected chi connectivity index (χ1v) is 9.15. The van der Waals surface area contributed by atoms with E-state index in [2.05, 4.69) is 4.98 Å². The van der Waals surface area contributed by atoms with E-state index in [1.54, 1.807) is 18.3 Å². The van der Waals surface area contributed by atoms with E-state index in [9.17, 15) is 9.59 Å². The van der Waals surface area contributed by atoms with E-state index in [4.69, 9.17) is 15.5 Å². The van der Waals surface area contributed by atoms with Crippen molar-refractivity contribution >= 4 is 17.8 Å². The zero-order chi connectivity index (χ0) is 20.3. The number of primary amides is 1. The molecule has 1 aliphatic rings. The molecule has 0 bridgehead atoms. The van der Waals surface area contributed by atoms with Crippen LogP contribution in [0.5, 0.6) is 0 Å². The van der Waals surface area contributed by atoms with Gasteiger partial charge in [-0.25, -0.2) is 9.97 Å². The van der Waals surface area contributed by atoms with Crippen molar-refractivity contribution in [2.45, 2.75) is 18.9 Å². The van der Waals surface area contributed by atoms with Gasteiger partial charge in [-0.1, -0.05) is 12.1 Å². The van der Waals surface area contributed by atoms with Gasteiger partial charge in [0, 0.05) is 45.1 Å². The lowest BCUT2D eigenvalue weighted by atomic mass is 9.98. The minimum Gasteiger partial charge on any atom is -0.375 e. The average Bonchev–Trinajstić information content (AvgIpc) is 3.17. The van der Waals surface area contributed by atoms with Crippen LogP contribution in [0.2, 0.25) is 0 Å². The van der Waals surface area contributed by atoms with Gasteiger partial charge in [0.1, 0.15) is 6.61 Å². The van der Waals surface area contributed by atoms with Gasteiger partial charge in [0.15, 0.2) is 0 Å². The van der Waals surface area contributed by atoms with Crippen LogP contribution in [0.3, 0.4) is 0 Å². The van der Waals surface area contributed by atoms with Crippen LogP contribution in [0.25, 0.3) is 11.1 Å². The highest BCUT2D eigenvalue weighted by atomic mass is 16.5. The van der Waals surface area contributed by atoms with E-state index < -0.39 is 5.91 Å². The molecule has 1 saturated heterocycles. The third-order valence-corrected chi connectivity index (χ3v) is 4.84. The van der Waals surface area contributed by atoms with Crippen molar-refractivity contribution in [3.05, 3.63) is 41.7 Å². The van der Waals surface area contributed by atoms with Crippen molar-refractivity contribution in [3.8, 4) is 11.1 Å². The van der Waals surface area contributed by atoms with E-state index in [0.29, 0.717) is 18.1 Å². The van der Waals surface area contributed by atoms with E-state index in [1.165, 1.54) is 7.11 Å². The zero-order valence-electron chi connectivity index (χ0n) is 16.4. The summed E-state index contributed by atoms with van der Waals surface area (Å²) in [5.74, 6) is 0.0571. The summed E-state index contributed by atoms with van der Waals surface area (Å²) in [7, 11) is 5.27. The molecule has 8 nitrogen and oxygen atoms in total. The minimum absolute atomic E-state index is 0.0464. The largest absolute Gasteiger partial charge is 0.375 e. The van der Waals surface area contributed by atoms with Crippen LogP contribution < -0.4 is 10.6 Å². The summed E-state index contributed by atoms with van der Waals surface area (Å²) in [6.45, 7) is 0.721. The number of amides is 2. The number of rotatable bonds is 6. The first-order valence-electron chi connectivity index (χ1n) is 9.15. The quantitative estimate of drug-likeness (QED) is 0.813. The normalized spacial score (nSPS) is 16.2. The van der Waals surface area contributed by atoms with Crippen LogP contribution in [0, 0.1) is 0 Å². The van der Waals surface area contributed by atoms with Crippen LogP contribution in [0.4, 0.5) is 5.95 Å². The molecule has 1 aliphatic heterocycles. The summed E-state index contributed by atoms with van der Waals surface area (Å²) in [4.78, 5) is 36.7. The number of nitrogens with two attached hydrogens (primary N) is 1. The molecular formula is C20H25N5O3. The molecule has 2 heterocycles. The molecule has 2 N–H and O–H groups in total. The maximum absolute atomic E-state index is 12.5. The number of likely N-dealkylation sites (tertiary alicyclic amines) is 1. The van der Waals surface area contributed by atoms with Crippen LogP contribution in [-0.2, 0) is 9.53 Å². The lowest BCUT2D eigenvalue weighted by Gasteiger charge is -2.26. The van der Waals surface area contributed by atoms with Gasteiger partial charge in [-0.3, -0.25) is 9.59 Å². The molecule has 1 aromatic carbocycles. The van der Waals surface area contributed by atoms with Crippen LogP contribution in [0.1, 0.15) is 34.9 Å². The smallest absolute Gasteiger partial charge is 0.249 e. The highest BCUT2D eigenvalue weighted by molar-refractivity contribution is 5.93. The van der Waals surface area contributed by atoms with Gasteiger partial charge >= 0.3 is 0 Å². The fourth-order valence-corrected chi connectivity index (χ4v) is 3.45. The Hall–Kier alpha value is -3.00. The summed E-state index contributed by atoms with van der Waals surface area (Å²) in [6, 6.07) is 6.88. The Kier molecular flexibility index (Phi) is 5.89. The molecule has 3 rings (SSSR count). The third kappa shape index (κ3) is 3.96. The number of carbonyl (C=O) groups excluding carboxylic acids is 2. The minimum atomic E-state index is -0.474. The second-order valence-electron chi connectivity index (χ2n) is 6.98. The SMILES string of the molecule is COCC(=O)N1CCC[C@H]1c1nc(N(C)C)ncc1-c1ccc(C(N)=O)cc1. The number of aromatic nitrogens is 2. The average molecular weight is 383 g/mol. The summed E-state index contributed by atoms with van der Waals surface area (Å²) in [6.07, 6.45) is 3.50. The number of benzene rings is 1. The van der Waals surface area contributed by atoms with Crippen LogP contribution in [-0.4, -0.2) is 61.0 Å². The Balaban J connectivity index is 2.06. The first kappa shape index (κ1) is 19.8. The second-order valence-corrected chi connectivity index (χ2v) is 6.98. The Labute approximate surface area is 164 Å². The van der Waals surface area contributed by atoms with Gasteiger partial charge in [0.05, 0.1) is 11.7 Å². The summed E-state index contributed by atoms with van der Waals surface area (Å²) in [5, 5.41) is 0. The van der Waals surface area contributed by atoms with Gasteiger partial charge < -0.3 is 20.3 Å². The Morgan fingerprint density at radius 2 is 2.00 bits per heavy atom. The summed E-state index contributed by atoms with van der Waals surface area (Å²) in [5.41, 5.74) is 8.29. The zero-order valence-corrected chi connectivity index (χ0v) is 16.4. The van der Waals surface area contributed by atoms with Gasteiger partial charge in [-0.05, 0) is 30.5 Å². The molecule has 28 heavy (non-hydrogen) atoms. The molecule has 0 saturated carbocycles. The molecule has 8 heteroatoms. The van der Waals surface area contributed by atoms with Crippen molar-refractivity contribution in [1.29, 1.82) is 0 Å². The number of anilines is 1.